The standard InChI is InChI=1S/C13H20N2O2/c1-3-17-13(16)12(8-14)9-6-10-4-5-11(7-9)15(10)2/h9-12H,3-7H2,1-2H3. The summed E-state index contributed by atoms with van der Waals surface area (Å²) in [6.07, 6.45) is 4.34. The van der Waals surface area contributed by atoms with Gasteiger partial charge < -0.3 is 9.64 Å². The van der Waals surface area contributed by atoms with Crippen LogP contribution in [0.5, 0.6) is 0 Å². The minimum Gasteiger partial charge on any atom is -0.465 e. The first kappa shape index (κ1) is 12.4. The van der Waals surface area contributed by atoms with Gasteiger partial charge in [0.15, 0.2) is 0 Å². The summed E-state index contributed by atoms with van der Waals surface area (Å²) in [4.78, 5) is 14.1. The number of fused-ring (bicyclic) bond motifs is 2. The molecule has 0 aromatic carbocycles. The van der Waals surface area contributed by atoms with Crippen molar-refractivity contribution in [3.8, 4) is 6.07 Å². The van der Waals surface area contributed by atoms with Gasteiger partial charge in [0.05, 0.1) is 12.7 Å². The van der Waals surface area contributed by atoms with Crippen LogP contribution in [-0.4, -0.2) is 36.6 Å². The fraction of sp³-hybridized carbons (Fsp3) is 0.846. The summed E-state index contributed by atoms with van der Waals surface area (Å²) in [7, 11) is 2.16. The predicted molar refractivity (Wildman–Crippen MR) is 63.0 cm³/mol. The summed E-state index contributed by atoms with van der Waals surface area (Å²) < 4.78 is 4.99. The van der Waals surface area contributed by atoms with Crippen molar-refractivity contribution in [2.24, 2.45) is 11.8 Å². The van der Waals surface area contributed by atoms with E-state index in [-0.39, 0.29) is 11.9 Å². The number of piperidine rings is 1. The van der Waals surface area contributed by atoms with E-state index in [0.29, 0.717) is 18.7 Å². The molecule has 0 spiro atoms. The molecular formula is C13H20N2O2. The van der Waals surface area contributed by atoms with Gasteiger partial charge in [0, 0.05) is 12.1 Å². The highest BCUT2D eigenvalue weighted by Crippen LogP contribution is 2.40. The number of hydrogen-bond donors (Lipinski definition) is 0. The number of ether oxygens (including phenoxy) is 1. The molecule has 0 aromatic rings. The first-order chi connectivity index (χ1) is 8.17. The zero-order valence-corrected chi connectivity index (χ0v) is 10.6. The molecule has 3 atom stereocenters. The molecule has 0 radical (unpaired) electrons. The van der Waals surface area contributed by atoms with Crippen LogP contribution in [0.2, 0.25) is 0 Å². The molecule has 0 amide bonds. The lowest BCUT2D eigenvalue weighted by Crippen LogP contribution is -2.43. The van der Waals surface area contributed by atoms with Crippen molar-refractivity contribution in [3.63, 3.8) is 0 Å². The second-order valence-corrected chi connectivity index (χ2v) is 5.14. The minimum absolute atomic E-state index is 0.188. The lowest BCUT2D eigenvalue weighted by molar-refractivity contribution is -0.148. The number of esters is 1. The molecule has 3 unspecified atom stereocenters. The Hall–Kier alpha value is -1.08. The van der Waals surface area contributed by atoms with Gasteiger partial charge in [-0.25, -0.2) is 0 Å². The fourth-order valence-corrected chi connectivity index (χ4v) is 3.31. The lowest BCUT2D eigenvalue weighted by atomic mass is 9.81. The molecule has 4 heteroatoms. The van der Waals surface area contributed by atoms with E-state index in [1.165, 1.54) is 12.8 Å². The summed E-state index contributed by atoms with van der Waals surface area (Å²) in [5.41, 5.74) is 0. The molecule has 2 aliphatic heterocycles. The second kappa shape index (κ2) is 5.05. The van der Waals surface area contributed by atoms with Crippen molar-refractivity contribution in [2.45, 2.75) is 44.7 Å². The first-order valence-corrected chi connectivity index (χ1v) is 6.45. The van der Waals surface area contributed by atoms with Gasteiger partial charge in [-0.15, -0.1) is 0 Å². The van der Waals surface area contributed by atoms with Crippen molar-refractivity contribution in [1.29, 1.82) is 5.26 Å². The van der Waals surface area contributed by atoms with Gasteiger partial charge >= 0.3 is 5.97 Å². The zero-order valence-electron chi connectivity index (χ0n) is 10.6. The van der Waals surface area contributed by atoms with Crippen molar-refractivity contribution in [2.75, 3.05) is 13.7 Å². The molecule has 94 valence electrons. The Bertz CT molecular complexity index is 323. The Morgan fingerprint density at radius 3 is 2.53 bits per heavy atom. The quantitative estimate of drug-likeness (QED) is 0.698. The smallest absolute Gasteiger partial charge is 0.323 e. The molecule has 17 heavy (non-hydrogen) atoms. The number of carbonyl (C=O) groups excluding carboxylic acids is 1. The van der Waals surface area contributed by atoms with E-state index in [1.807, 2.05) is 0 Å². The zero-order chi connectivity index (χ0) is 12.4. The van der Waals surface area contributed by atoms with E-state index in [2.05, 4.69) is 18.0 Å². The lowest BCUT2D eigenvalue weighted by Gasteiger charge is -2.37. The van der Waals surface area contributed by atoms with Gasteiger partial charge in [-0.2, -0.15) is 5.26 Å². The van der Waals surface area contributed by atoms with Gasteiger partial charge in [-0.1, -0.05) is 0 Å². The van der Waals surface area contributed by atoms with E-state index in [0.717, 1.165) is 12.8 Å². The van der Waals surface area contributed by atoms with Crippen LogP contribution in [0, 0.1) is 23.2 Å². The van der Waals surface area contributed by atoms with Crippen LogP contribution < -0.4 is 0 Å². The van der Waals surface area contributed by atoms with Crippen LogP contribution in [0.4, 0.5) is 0 Å². The molecule has 2 aliphatic rings. The topological polar surface area (TPSA) is 53.3 Å². The van der Waals surface area contributed by atoms with Crippen molar-refractivity contribution in [1.82, 2.24) is 4.90 Å². The normalized spacial score (nSPS) is 34.1. The van der Waals surface area contributed by atoms with E-state index in [1.54, 1.807) is 6.92 Å². The number of nitriles is 1. The summed E-state index contributed by atoms with van der Waals surface area (Å²) in [5.74, 6) is -0.705. The maximum absolute atomic E-state index is 11.7. The molecule has 2 fully saturated rings. The highest BCUT2D eigenvalue weighted by atomic mass is 16.5. The molecule has 2 bridgehead atoms. The molecule has 2 rings (SSSR count). The number of hydrogen-bond acceptors (Lipinski definition) is 4. The van der Waals surface area contributed by atoms with Gasteiger partial charge in [0.2, 0.25) is 0 Å². The Labute approximate surface area is 103 Å². The molecule has 4 nitrogen and oxygen atoms in total. The predicted octanol–water partition coefficient (Wildman–Crippen LogP) is 1.56. The average molecular weight is 236 g/mol. The molecule has 2 saturated heterocycles. The molecule has 0 aliphatic carbocycles. The van der Waals surface area contributed by atoms with Crippen LogP contribution in [0.15, 0.2) is 0 Å². The maximum Gasteiger partial charge on any atom is 0.323 e. The third-order valence-electron chi connectivity index (χ3n) is 4.29. The van der Waals surface area contributed by atoms with Gasteiger partial charge in [-0.3, -0.25) is 4.79 Å². The fourth-order valence-electron chi connectivity index (χ4n) is 3.31. The van der Waals surface area contributed by atoms with E-state index >= 15 is 0 Å². The molecule has 2 heterocycles. The summed E-state index contributed by atoms with van der Waals surface area (Å²) in [5, 5.41) is 9.17. The summed E-state index contributed by atoms with van der Waals surface area (Å²) in [6.45, 7) is 2.14. The van der Waals surface area contributed by atoms with Crippen LogP contribution in [0.1, 0.15) is 32.6 Å². The van der Waals surface area contributed by atoms with Gasteiger partial charge in [0.1, 0.15) is 5.92 Å². The third-order valence-corrected chi connectivity index (χ3v) is 4.29. The van der Waals surface area contributed by atoms with Crippen LogP contribution in [0.25, 0.3) is 0 Å². The van der Waals surface area contributed by atoms with Crippen LogP contribution >= 0.6 is 0 Å². The van der Waals surface area contributed by atoms with Gasteiger partial charge in [0.25, 0.3) is 0 Å². The van der Waals surface area contributed by atoms with Crippen molar-refractivity contribution < 1.29 is 9.53 Å². The van der Waals surface area contributed by atoms with E-state index < -0.39 is 5.92 Å². The van der Waals surface area contributed by atoms with Gasteiger partial charge in [-0.05, 0) is 45.6 Å². The second-order valence-electron chi connectivity index (χ2n) is 5.14. The average Bonchev–Trinajstić information content (AvgIpc) is 2.54. The SMILES string of the molecule is CCOC(=O)C(C#N)C1CC2CCC(C1)N2C. The third kappa shape index (κ3) is 2.30. The molecular weight excluding hydrogens is 216 g/mol. The number of nitrogens with zero attached hydrogens (tertiary/aromatic N) is 2. The number of rotatable bonds is 3. The van der Waals surface area contributed by atoms with Crippen LogP contribution in [-0.2, 0) is 9.53 Å². The molecule has 0 N–H and O–H groups in total. The summed E-state index contributed by atoms with van der Waals surface area (Å²) in [6, 6.07) is 3.27. The monoisotopic (exact) mass is 236 g/mol. The van der Waals surface area contributed by atoms with Crippen molar-refractivity contribution >= 4 is 5.97 Å². The highest BCUT2D eigenvalue weighted by Gasteiger charge is 2.43. The Morgan fingerprint density at radius 2 is 2.06 bits per heavy atom. The van der Waals surface area contributed by atoms with E-state index in [9.17, 15) is 4.79 Å². The Balaban J connectivity index is 2.03. The van der Waals surface area contributed by atoms with Crippen molar-refractivity contribution in [3.05, 3.63) is 0 Å². The highest BCUT2D eigenvalue weighted by molar-refractivity contribution is 5.75. The number of carbonyl (C=O) groups is 1. The molecule has 0 aromatic heterocycles. The maximum atomic E-state index is 11.7. The largest absolute Gasteiger partial charge is 0.465 e. The molecule has 0 saturated carbocycles. The minimum atomic E-state index is -0.563. The van der Waals surface area contributed by atoms with E-state index in [4.69, 9.17) is 10.00 Å². The van der Waals surface area contributed by atoms with Crippen LogP contribution in [0.3, 0.4) is 0 Å². The Morgan fingerprint density at radius 1 is 1.47 bits per heavy atom. The first-order valence-electron chi connectivity index (χ1n) is 6.45. The Kier molecular flexibility index (Phi) is 3.68. The summed E-state index contributed by atoms with van der Waals surface area (Å²) >= 11 is 0.